The predicted octanol–water partition coefficient (Wildman–Crippen LogP) is 4.44. The summed E-state index contributed by atoms with van der Waals surface area (Å²) in [5.41, 5.74) is 1.61. The number of carboxylic acids is 1. The number of hydrogen-bond acceptors (Lipinski definition) is 4. The molecule has 1 unspecified atom stereocenters. The standard InChI is InChI=1S/C22H26N2O3/c1-5-15-11-17(10-14(2)3)20(25)19(12-15)22(4,21(26)27)24-18-8-6-16(13-23)7-9-18/h6-9,11-12,14,24-25H,5,10H2,1-4H3,(H,26,27). The lowest BCUT2D eigenvalue weighted by molar-refractivity contribution is -0.142. The van der Waals surface area contributed by atoms with E-state index in [1.54, 1.807) is 37.3 Å². The molecule has 0 bridgehead atoms. The van der Waals surface area contributed by atoms with Gasteiger partial charge in [0, 0.05) is 11.3 Å². The molecule has 0 saturated heterocycles. The van der Waals surface area contributed by atoms with Crippen LogP contribution in [-0.4, -0.2) is 16.2 Å². The van der Waals surface area contributed by atoms with Crippen molar-refractivity contribution in [3.63, 3.8) is 0 Å². The first kappa shape index (κ1) is 20.3. The van der Waals surface area contributed by atoms with Gasteiger partial charge in [0.05, 0.1) is 11.6 Å². The molecule has 142 valence electrons. The van der Waals surface area contributed by atoms with Gasteiger partial charge in [-0.1, -0.05) is 26.8 Å². The Morgan fingerprint density at radius 2 is 1.89 bits per heavy atom. The zero-order valence-electron chi connectivity index (χ0n) is 16.2. The second-order valence-electron chi connectivity index (χ2n) is 7.35. The van der Waals surface area contributed by atoms with Crippen molar-refractivity contribution in [1.82, 2.24) is 0 Å². The van der Waals surface area contributed by atoms with Gasteiger partial charge in [-0.2, -0.15) is 5.26 Å². The van der Waals surface area contributed by atoms with E-state index < -0.39 is 11.5 Å². The van der Waals surface area contributed by atoms with Crippen molar-refractivity contribution >= 4 is 11.7 Å². The number of aromatic hydroxyl groups is 1. The van der Waals surface area contributed by atoms with Crippen LogP contribution in [-0.2, 0) is 23.2 Å². The van der Waals surface area contributed by atoms with Gasteiger partial charge in [0.25, 0.3) is 0 Å². The van der Waals surface area contributed by atoms with Crippen LogP contribution in [0.5, 0.6) is 5.75 Å². The predicted molar refractivity (Wildman–Crippen MR) is 106 cm³/mol. The fourth-order valence-corrected chi connectivity index (χ4v) is 3.09. The van der Waals surface area contributed by atoms with Crippen molar-refractivity contribution < 1.29 is 15.0 Å². The smallest absolute Gasteiger partial charge is 0.333 e. The average Bonchev–Trinajstić information content (AvgIpc) is 2.63. The Hall–Kier alpha value is -3.00. The second kappa shape index (κ2) is 8.13. The van der Waals surface area contributed by atoms with E-state index in [4.69, 9.17) is 5.26 Å². The maximum atomic E-state index is 12.2. The molecule has 0 radical (unpaired) electrons. The zero-order chi connectivity index (χ0) is 20.2. The van der Waals surface area contributed by atoms with Gasteiger partial charge in [0.2, 0.25) is 0 Å². The number of carboxylic acid groups (broad SMARTS) is 1. The van der Waals surface area contributed by atoms with Gasteiger partial charge in [-0.05, 0) is 67.1 Å². The molecule has 0 spiro atoms. The Morgan fingerprint density at radius 3 is 2.37 bits per heavy atom. The van der Waals surface area contributed by atoms with Crippen LogP contribution >= 0.6 is 0 Å². The molecule has 0 amide bonds. The van der Waals surface area contributed by atoms with Crippen molar-refractivity contribution in [3.8, 4) is 11.8 Å². The van der Waals surface area contributed by atoms with E-state index in [9.17, 15) is 15.0 Å². The molecule has 0 aliphatic rings. The number of rotatable bonds is 7. The minimum Gasteiger partial charge on any atom is -0.507 e. The SMILES string of the molecule is CCc1cc(CC(C)C)c(O)c(C(C)(Nc2ccc(C#N)cc2)C(=O)O)c1. The van der Waals surface area contributed by atoms with Gasteiger partial charge >= 0.3 is 5.97 Å². The fourth-order valence-electron chi connectivity index (χ4n) is 3.09. The number of nitrogens with zero attached hydrogens (tertiary/aromatic N) is 1. The topological polar surface area (TPSA) is 93.4 Å². The molecule has 0 heterocycles. The van der Waals surface area contributed by atoms with Crippen molar-refractivity contribution in [1.29, 1.82) is 5.26 Å². The van der Waals surface area contributed by atoms with Crippen molar-refractivity contribution in [2.45, 2.75) is 46.1 Å². The molecule has 0 fully saturated rings. The summed E-state index contributed by atoms with van der Waals surface area (Å²) in [5, 5.41) is 32.8. The Bertz CT molecular complexity index is 866. The largest absolute Gasteiger partial charge is 0.507 e. The maximum absolute atomic E-state index is 12.2. The average molecular weight is 366 g/mol. The summed E-state index contributed by atoms with van der Waals surface area (Å²) in [4.78, 5) is 12.2. The number of aryl methyl sites for hydroxylation is 1. The van der Waals surface area contributed by atoms with Crippen molar-refractivity contribution in [2.24, 2.45) is 5.92 Å². The van der Waals surface area contributed by atoms with Crippen LogP contribution in [0, 0.1) is 17.2 Å². The molecule has 2 aromatic rings. The zero-order valence-corrected chi connectivity index (χ0v) is 16.2. The molecule has 0 aromatic heterocycles. The van der Waals surface area contributed by atoms with E-state index in [-0.39, 0.29) is 5.75 Å². The van der Waals surface area contributed by atoms with Gasteiger partial charge in [-0.15, -0.1) is 0 Å². The lowest BCUT2D eigenvalue weighted by Crippen LogP contribution is -2.40. The van der Waals surface area contributed by atoms with Gasteiger partial charge in [-0.25, -0.2) is 4.79 Å². The number of nitriles is 1. The van der Waals surface area contributed by atoms with Gasteiger partial charge in [0.1, 0.15) is 5.75 Å². The van der Waals surface area contributed by atoms with Crippen LogP contribution < -0.4 is 5.32 Å². The molecule has 2 rings (SSSR count). The van der Waals surface area contributed by atoms with Crippen molar-refractivity contribution in [2.75, 3.05) is 5.32 Å². The molecule has 2 aromatic carbocycles. The molecule has 27 heavy (non-hydrogen) atoms. The van der Waals surface area contributed by atoms with E-state index in [2.05, 4.69) is 19.2 Å². The lowest BCUT2D eigenvalue weighted by Gasteiger charge is -2.30. The molecule has 0 aliphatic carbocycles. The second-order valence-corrected chi connectivity index (χ2v) is 7.35. The number of aliphatic carboxylic acids is 1. The van der Waals surface area contributed by atoms with E-state index in [1.807, 2.05) is 19.1 Å². The third-order valence-corrected chi connectivity index (χ3v) is 4.66. The molecular weight excluding hydrogens is 340 g/mol. The number of benzene rings is 2. The Balaban J connectivity index is 2.56. The van der Waals surface area contributed by atoms with Gasteiger partial charge in [0.15, 0.2) is 5.54 Å². The molecule has 5 nitrogen and oxygen atoms in total. The summed E-state index contributed by atoms with van der Waals surface area (Å²) in [6.45, 7) is 7.66. The molecule has 5 heteroatoms. The highest BCUT2D eigenvalue weighted by atomic mass is 16.4. The van der Waals surface area contributed by atoms with Gasteiger partial charge < -0.3 is 15.5 Å². The van der Waals surface area contributed by atoms with Crippen molar-refractivity contribution in [3.05, 3.63) is 58.7 Å². The van der Waals surface area contributed by atoms with E-state index in [0.29, 0.717) is 29.2 Å². The monoisotopic (exact) mass is 366 g/mol. The summed E-state index contributed by atoms with van der Waals surface area (Å²) in [7, 11) is 0. The summed E-state index contributed by atoms with van der Waals surface area (Å²) < 4.78 is 0. The Labute approximate surface area is 160 Å². The molecule has 3 N–H and O–H groups in total. The highest BCUT2D eigenvalue weighted by Crippen LogP contribution is 2.37. The van der Waals surface area contributed by atoms with E-state index in [1.165, 1.54) is 0 Å². The minimum absolute atomic E-state index is 0.0203. The first-order valence-electron chi connectivity index (χ1n) is 9.08. The fraction of sp³-hybridized carbons (Fsp3) is 0.364. The normalized spacial score (nSPS) is 13.0. The highest BCUT2D eigenvalue weighted by Gasteiger charge is 2.38. The lowest BCUT2D eigenvalue weighted by atomic mass is 9.85. The van der Waals surface area contributed by atoms with Gasteiger partial charge in [-0.3, -0.25) is 0 Å². The number of hydrogen-bond donors (Lipinski definition) is 3. The van der Waals surface area contributed by atoms with Crippen LogP contribution in [0.1, 0.15) is 49.9 Å². The number of carbonyl (C=O) groups is 1. The molecule has 1 atom stereocenters. The third kappa shape index (κ3) is 4.40. The first-order chi connectivity index (χ1) is 12.7. The summed E-state index contributed by atoms with van der Waals surface area (Å²) >= 11 is 0. The maximum Gasteiger partial charge on any atom is 0.333 e. The number of nitrogens with one attached hydrogen (secondary N) is 1. The summed E-state index contributed by atoms with van der Waals surface area (Å²) in [6, 6.07) is 12.3. The third-order valence-electron chi connectivity index (χ3n) is 4.66. The van der Waals surface area contributed by atoms with E-state index in [0.717, 1.165) is 17.5 Å². The number of phenolic OH excluding ortho intramolecular Hbond substituents is 1. The van der Waals surface area contributed by atoms with Crippen LogP contribution in [0.15, 0.2) is 36.4 Å². The molecular formula is C22H26N2O3. The number of anilines is 1. The Kier molecular flexibility index (Phi) is 6.12. The van der Waals surface area contributed by atoms with E-state index >= 15 is 0 Å². The molecule has 0 aliphatic heterocycles. The Morgan fingerprint density at radius 1 is 1.26 bits per heavy atom. The quantitative estimate of drug-likeness (QED) is 0.674. The van der Waals surface area contributed by atoms with Crippen LogP contribution in [0.3, 0.4) is 0 Å². The first-order valence-corrected chi connectivity index (χ1v) is 9.08. The summed E-state index contributed by atoms with van der Waals surface area (Å²) in [5.74, 6) is -0.740. The molecule has 0 saturated carbocycles. The summed E-state index contributed by atoms with van der Waals surface area (Å²) in [6.07, 6.45) is 1.41. The van der Waals surface area contributed by atoms with Crippen LogP contribution in [0.4, 0.5) is 5.69 Å². The number of phenols is 1. The highest BCUT2D eigenvalue weighted by molar-refractivity contribution is 5.85. The van der Waals surface area contributed by atoms with Crippen LogP contribution in [0.2, 0.25) is 0 Å². The van der Waals surface area contributed by atoms with Crippen LogP contribution in [0.25, 0.3) is 0 Å². The minimum atomic E-state index is -1.52.